The number of hydrogen-bond donors (Lipinski definition) is 0. The smallest absolute Gasteiger partial charge is 0.296 e. The van der Waals surface area contributed by atoms with Crippen LogP contribution in [0.4, 0.5) is 0 Å². The Morgan fingerprint density at radius 2 is 1.90 bits per heavy atom. The van der Waals surface area contributed by atoms with Gasteiger partial charge in [-0.25, -0.2) is 8.42 Å². The number of pyridine rings is 1. The average Bonchev–Trinajstić information content (AvgIpc) is 2.72. The van der Waals surface area contributed by atoms with Gasteiger partial charge in [-0.3, -0.25) is 4.98 Å². The molecule has 2 aromatic rings. The normalized spacial score (nSPS) is 12.0. The SMILES string of the molecule is CC(C)Cn1c(Cc2ccncc2)nnc1S(=O)(=O)Cl. The number of halogens is 1. The van der Waals surface area contributed by atoms with E-state index in [1.165, 1.54) is 0 Å². The molecule has 2 aromatic heterocycles. The van der Waals surface area contributed by atoms with Crippen molar-refractivity contribution in [2.24, 2.45) is 5.92 Å². The van der Waals surface area contributed by atoms with Crippen LogP contribution in [0, 0.1) is 5.92 Å². The van der Waals surface area contributed by atoms with Gasteiger partial charge in [0, 0.05) is 36.0 Å². The van der Waals surface area contributed by atoms with Crippen LogP contribution in [0.1, 0.15) is 25.2 Å². The molecule has 0 saturated carbocycles. The number of rotatable bonds is 5. The number of nitrogens with zero attached hydrogens (tertiary/aromatic N) is 4. The maximum Gasteiger partial charge on any atom is 0.296 e. The molecular formula is C12H15ClN4O2S. The van der Waals surface area contributed by atoms with Crippen LogP contribution in [0.5, 0.6) is 0 Å². The predicted octanol–water partition coefficient (Wildman–Crippen LogP) is 1.85. The second-order valence-corrected chi connectivity index (χ2v) is 7.33. The van der Waals surface area contributed by atoms with Crippen LogP contribution in [0.25, 0.3) is 0 Å². The second kappa shape index (κ2) is 5.88. The van der Waals surface area contributed by atoms with Crippen LogP contribution in [0.3, 0.4) is 0 Å². The van der Waals surface area contributed by atoms with Crippen molar-refractivity contribution < 1.29 is 8.42 Å². The lowest BCUT2D eigenvalue weighted by Crippen LogP contribution is -2.13. The first-order valence-corrected chi connectivity index (χ1v) is 8.44. The van der Waals surface area contributed by atoms with Gasteiger partial charge in [0.25, 0.3) is 14.2 Å². The van der Waals surface area contributed by atoms with Gasteiger partial charge < -0.3 is 4.57 Å². The molecule has 0 atom stereocenters. The van der Waals surface area contributed by atoms with E-state index in [4.69, 9.17) is 10.7 Å². The van der Waals surface area contributed by atoms with E-state index in [-0.39, 0.29) is 11.1 Å². The molecule has 0 aliphatic carbocycles. The van der Waals surface area contributed by atoms with Gasteiger partial charge in [-0.2, -0.15) is 0 Å². The topological polar surface area (TPSA) is 77.7 Å². The minimum Gasteiger partial charge on any atom is -0.300 e. The van der Waals surface area contributed by atoms with Crippen LogP contribution in [-0.4, -0.2) is 28.2 Å². The van der Waals surface area contributed by atoms with Crippen molar-refractivity contribution in [3.05, 3.63) is 35.9 Å². The van der Waals surface area contributed by atoms with E-state index < -0.39 is 9.05 Å². The van der Waals surface area contributed by atoms with Gasteiger partial charge in [-0.15, -0.1) is 10.2 Å². The molecule has 0 unspecified atom stereocenters. The van der Waals surface area contributed by atoms with Crippen molar-refractivity contribution in [1.29, 1.82) is 0 Å². The van der Waals surface area contributed by atoms with E-state index in [2.05, 4.69) is 15.2 Å². The molecule has 20 heavy (non-hydrogen) atoms. The lowest BCUT2D eigenvalue weighted by Gasteiger charge is -2.11. The fraction of sp³-hybridized carbons (Fsp3) is 0.417. The largest absolute Gasteiger partial charge is 0.300 e. The molecule has 0 amide bonds. The molecule has 0 bridgehead atoms. The third-order valence-corrected chi connectivity index (χ3v) is 3.82. The van der Waals surface area contributed by atoms with E-state index in [1.807, 2.05) is 26.0 Å². The predicted molar refractivity (Wildman–Crippen MR) is 74.9 cm³/mol. The summed E-state index contributed by atoms with van der Waals surface area (Å²) < 4.78 is 24.6. The summed E-state index contributed by atoms with van der Waals surface area (Å²) in [6.07, 6.45) is 3.84. The molecule has 0 N–H and O–H groups in total. The van der Waals surface area contributed by atoms with Crippen LogP contribution in [-0.2, 0) is 22.0 Å². The van der Waals surface area contributed by atoms with Crippen LogP contribution < -0.4 is 0 Å². The first kappa shape index (κ1) is 14.9. The zero-order chi connectivity index (χ0) is 14.8. The second-order valence-electron chi connectivity index (χ2n) is 4.87. The van der Waals surface area contributed by atoms with E-state index in [0.717, 1.165) is 5.56 Å². The van der Waals surface area contributed by atoms with Crippen molar-refractivity contribution in [1.82, 2.24) is 19.7 Å². The summed E-state index contributed by atoms with van der Waals surface area (Å²) in [5.74, 6) is 0.823. The third-order valence-electron chi connectivity index (χ3n) is 2.67. The van der Waals surface area contributed by atoms with Crippen LogP contribution >= 0.6 is 10.7 Å². The molecule has 0 fully saturated rings. The molecule has 0 radical (unpaired) electrons. The molecule has 0 spiro atoms. The number of hydrogen-bond acceptors (Lipinski definition) is 5. The maximum absolute atomic E-state index is 11.5. The van der Waals surface area contributed by atoms with Gasteiger partial charge in [-0.05, 0) is 23.6 Å². The Morgan fingerprint density at radius 3 is 2.45 bits per heavy atom. The molecule has 0 aliphatic rings. The zero-order valence-electron chi connectivity index (χ0n) is 11.2. The zero-order valence-corrected chi connectivity index (χ0v) is 12.8. The lowest BCUT2D eigenvalue weighted by molar-refractivity contribution is 0.474. The summed E-state index contributed by atoms with van der Waals surface area (Å²) >= 11 is 0. The summed E-state index contributed by atoms with van der Waals surface area (Å²) in [6, 6.07) is 3.70. The summed E-state index contributed by atoms with van der Waals surface area (Å²) in [7, 11) is 1.50. The molecule has 0 aromatic carbocycles. The summed E-state index contributed by atoms with van der Waals surface area (Å²) in [5, 5.41) is 7.48. The standard InChI is InChI=1S/C12H15ClN4O2S/c1-9(2)8-17-11(7-10-3-5-14-6-4-10)15-16-12(17)20(13,18)19/h3-6,9H,7-8H2,1-2H3. The fourth-order valence-corrected chi connectivity index (χ4v) is 2.79. The van der Waals surface area contributed by atoms with Crippen molar-refractivity contribution >= 4 is 19.7 Å². The van der Waals surface area contributed by atoms with Gasteiger partial charge in [0.2, 0.25) is 0 Å². The van der Waals surface area contributed by atoms with Gasteiger partial charge in [0.15, 0.2) is 0 Å². The monoisotopic (exact) mass is 314 g/mol. The Morgan fingerprint density at radius 1 is 1.25 bits per heavy atom. The third kappa shape index (κ3) is 3.55. The first-order valence-electron chi connectivity index (χ1n) is 6.13. The van der Waals surface area contributed by atoms with Crippen LogP contribution in [0.15, 0.2) is 29.7 Å². The molecule has 2 rings (SSSR count). The molecule has 6 nitrogen and oxygen atoms in total. The Bertz CT molecular complexity index is 683. The van der Waals surface area contributed by atoms with E-state index >= 15 is 0 Å². The summed E-state index contributed by atoms with van der Waals surface area (Å²) in [5.41, 5.74) is 0.982. The summed E-state index contributed by atoms with van der Waals surface area (Å²) in [4.78, 5) is 3.94. The first-order chi connectivity index (χ1) is 9.38. The van der Waals surface area contributed by atoms with Crippen molar-refractivity contribution in [3.8, 4) is 0 Å². The Hall–Kier alpha value is -1.47. The Balaban J connectivity index is 2.41. The average molecular weight is 315 g/mol. The van der Waals surface area contributed by atoms with E-state index in [1.54, 1.807) is 17.0 Å². The lowest BCUT2D eigenvalue weighted by atomic mass is 10.2. The van der Waals surface area contributed by atoms with Crippen molar-refractivity contribution in [2.45, 2.75) is 32.0 Å². The highest BCUT2D eigenvalue weighted by molar-refractivity contribution is 8.13. The van der Waals surface area contributed by atoms with Crippen molar-refractivity contribution in [3.63, 3.8) is 0 Å². The molecule has 108 valence electrons. The quantitative estimate of drug-likeness (QED) is 0.787. The fourth-order valence-electron chi connectivity index (χ4n) is 1.86. The molecule has 0 aliphatic heterocycles. The van der Waals surface area contributed by atoms with Gasteiger partial charge >= 0.3 is 0 Å². The van der Waals surface area contributed by atoms with E-state index in [9.17, 15) is 8.42 Å². The van der Waals surface area contributed by atoms with Gasteiger partial charge in [-0.1, -0.05) is 13.8 Å². The molecule has 2 heterocycles. The molecular weight excluding hydrogens is 300 g/mol. The maximum atomic E-state index is 11.5. The van der Waals surface area contributed by atoms with Crippen LogP contribution in [0.2, 0.25) is 0 Å². The molecule has 0 saturated heterocycles. The highest BCUT2D eigenvalue weighted by atomic mass is 35.7. The van der Waals surface area contributed by atoms with Gasteiger partial charge in [0.1, 0.15) is 5.82 Å². The Labute approximate surface area is 122 Å². The van der Waals surface area contributed by atoms with Gasteiger partial charge in [0.05, 0.1) is 0 Å². The minimum atomic E-state index is -3.90. The summed E-state index contributed by atoms with van der Waals surface area (Å²) in [6.45, 7) is 4.47. The Kier molecular flexibility index (Phi) is 4.39. The molecule has 8 heteroatoms. The van der Waals surface area contributed by atoms with E-state index in [0.29, 0.717) is 18.8 Å². The number of aromatic nitrogens is 4. The highest BCUT2D eigenvalue weighted by Gasteiger charge is 2.23. The highest BCUT2D eigenvalue weighted by Crippen LogP contribution is 2.18. The van der Waals surface area contributed by atoms with Crippen molar-refractivity contribution in [2.75, 3.05) is 0 Å². The minimum absolute atomic E-state index is 0.197.